The van der Waals surface area contributed by atoms with Gasteiger partial charge in [-0.15, -0.1) is 0 Å². The number of nitrogens with zero attached hydrogens (tertiary/aromatic N) is 1. The van der Waals surface area contributed by atoms with Gasteiger partial charge < -0.3 is 9.84 Å². The van der Waals surface area contributed by atoms with Gasteiger partial charge in [-0.2, -0.15) is 0 Å². The van der Waals surface area contributed by atoms with Crippen molar-refractivity contribution in [3.8, 4) is 0 Å². The van der Waals surface area contributed by atoms with Gasteiger partial charge in [-0.1, -0.05) is 0 Å². The Labute approximate surface area is 81.5 Å². The van der Waals surface area contributed by atoms with Crippen molar-refractivity contribution in [2.45, 2.75) is 12.3 Å². The molecule has 1 aromatic rings. The van der Waals surface area contributed by atoms with Crippen LogP contribution in [-0.2, 0) is 4.74 Å². The molecule has 0 aliphatic carbocycles. The number of carboxylic acids is 1. The van der Waals surface area contributed by atoms with Crippen molar-refractivity contribution < 1.29 is 14.6 Å². The molecule has 1 fully saturated rings. The number of carboxylic acid groups (broad SMARTS) is 1. The fourth-order valence-corrected chi connectivity index (χ4v) is 1.57. The first-order chi connectivity index (χ1) is 6.77. The molecule has 14 heavy (non-hydrogen) atoms. The molecule has 1 aliphatic heterocycles. The zero-order valence-corrected chi connectivity index (χ0v) is 7.64. The molecule has 0 aromatic carbocycles. The smallest absolute Gasteiger partial charge is 0.335 e. The number of hydrogen-bond acceptors (Lipinski definition) is 3. The second-order valence-electron chi connectivity index (χ2n) is 3.34. The summed E-state index contributed by atoms with van der Waals surface area (Å²) in [5, 5.41) is 8.79. The summed E-state index contributed by atoms with van der Waals surface area (Å²) < 4.78 is 5.22. The van der Waals surface area contributed by atoms with Crippen LogP contribution < -0.4 is 0 Å². The molecule has 0 amide bonds. The highest BCUT2D eigenvalue weighted by atomic mass is 16.5. The quantitative estimate of drug-likeness (QED) is 0.768. The van der Waals surface area contributed by atoms with Gasteiger partial charge >= 0.3 is 5.97 Å². The van der Waals surface area contributed by atoms with Crippen molar-refractivity contribution in [2.75, 3.05) is 13.2 Å². The Morgan fingerprint density at radius 3 is 3.14 bits per heavy atom. The summed E-state index contributed by atoms with van der Waals surface area (Å²) in [7, 11) is 0. The van der Waals surface area contributed by atoms with Crippen LogP contribution in [0, 0.1) is 0 Å². The van der Waals surface area contributed by atoms with Gasteiger partial charge in [0.05, 0.1) is 12.2 Å². The third-order valence-corrected chi connectivity index (χ3v) is 2.38. The highest BCUT2D eigenvalue weighted by Gasteiger charge is 2.19. The van der Waals surface area contributed by atoms with Gasteiger partial charge in [0.1, 0.15) is 0 Å². The van der Waals surface area contributed by atoms with Crippen molar-refractivity contribution in [1.29, 1.82) is 0 Å². The molecule has 1 atom stereocenters. The lowest BCUT2D eigenvalue weighted by molar-refractivity contribution is 0.0696. The monoisotopic (exact) mass is 193 g/mol. The molecule has 0 saturated carbocycles. The second-order valence-corrected chi connectivity index (χ2v) is 3.34. The van der Waals surface area contributed by atoms with Crippen LogP contribution in [0.2, 0.25) is 0 Å². The SMILES string of the molecule is O=C(O)c1ccnc([C@@H]2CCOC2)c1. The molecule has 2 rings (SSSR count). The van der Waals surface area contributed by atoms with Crippen LogP contribution in [0.4, 0.5) is 0 Å². The van der Waals surface area contributed by atoms with Crippen molar-refractivity contribution >= 4 is 5.97 Å². The Kier molecular flexibility index (Phi) is 2.45. The summed E-state index contributed by atoms with van der Waals surface area (Å²) in [5.41, 5.74) is 1.12. The van der Waals surface area contributed by atoms with E-state index in [9.17, 15) is 4.79 Å². The number of hydrogen-bond donors (Lipinski definition) is 1. The maximum Gasteiger partial charge on any atom is 0.335 e. The topological polar surface area (TPSA) is 59.4 Å². The predicted molar refractivity (Wildman–Crippen MR) is 49.4 cm³/mol. The standard InChI is InChI=1S/C10H11NO3/c12-10(13)7-1-3-11-9(5-7)8-2-4-14-6-8/h1,3,5,8H,2,4,6H2,(H,12,13)/t8-/m1/s1. The van der Waals surface area contributed by atoms with Crippen molar-refractivity contribution in [3.05, 3.63) is 29.6 Å². The fourth-order valence-electron chi connectivity index (χ4n) is 1.57. The van der Waals surface area contributed by atoms with Crippen molar-refractivity contribution in [3.63, 3.8) is 0 Å². The van der Waals surface area contributed by atoms with E-state index in [0.717, 1.165) is 18.7 Å². The third-order valence-electron chi connectivity index (χ3n) is 2.38. The van der Waals surface area contributed by atoms with E-state index in [1.54, 1.807) is 6.07 Å². The average molecular weight is 193 g/mol. The van der Waals surface area contributed by atoms with Crippen LogP contribution >= 0.6 is 0 Å². The van der Waals surface area contributed by atoms with Gasteiger partial charge in [-0.25, -0.2) is 4.79 Å². The first-order valence-electron chi connectivity index (χ1n) is 4.54. The summed E-state index contributed by atoms with van der Waals surface area (Å²) in [5.74, 6) is -0.651. The zero-order chi connectivity index (χ0) is 9.97. The van der Waals surface area contributed by atoms with Gasteiger partial charge in [-0.3, -0.25) is 4.98 Å². The molecular weight excluding hydrogens is 182 g/mol. The minimum absolute atomic E-state index is 0.259. The van der Waals surface area contributed by atoms with Crippen LogP contribution in [0.25, 0.3) is 0 Å². The Bertz CT molecular complexity index is 345. The van der Waals surface area contributed by atoms with E-state index < -0.39 is 5.97 Å². The van der Waals surface area contributed by atoms with Gasteiger partial charge in [0.2, 0.25) is 0 Å². The normalized spacial score (nSPS) is 21.0. The number of pyridine rings is 1. The number of aromatic carboxylic acids is 1. The number of aromatic nitrogens is 1. The first kappa shape index (κ1) is 9.15. The number of rotatable bonds is 2. The Morgan fingerprint density at radius 1 is 1.64 bits per heavy atom. The second kappa shape index (κ2) is 3.75. The van der Waals surface area contributed by atoms with E-state index in [4.69, 9.17) is 9.84 Å². The minimum Gasteiger partial charge on any atom is -0.478 e. The predicted octanol–water partition coefficient (Wildman–Crippen LogP) is 1.28. The highest BCUT2D eigenvalue weighted by molar-refractivity contribution is 5.87. The summed E-state index contributed by atoms with van der Waals surface area (Å²) in [4.78, 5) is 14.9. The zero-order valence-electron chi connectivity index (χ0n) is 7.64. The molecule has 4 heteroatoms. The van der Waals surface area contributed by atoms with E-state index >= 15 is 0 Å². The Morgan fingerprint density at radius 2 is 2.50 bits per heavy atom. The molecule has 2 heterocycles. The van der Waals surface area contributed by atoms with Crippen LogP contribution in [0.3, 0.4) is 0 Å². The van der Waals surface area contributed by atoms with Crippen molar-refractivity contribution in [2.24, 2.45) is 0 Å². The molecule has 0 radical (unpaired) electrons. The van der Waals surface area contributed by atoms with Gasteiger partial charge in [0.15, 0.2) is 0 Å². The van der Waals surface area contributed by atoms with Gasteiger partial charge in [0.25, 0.3) is 0 Å². The molecule has 0 spiro atoms. The van der Waals surface area contributed by atoms with Gasteiger partial charge in [0, 0.05) is 24.4 Å². The summed E-state index contributed by atoms with van der Waals surface area (Å²) >= 11 is 0. The lowest BCUT2D eigenvalue weighted by Crippen LogP contribution is -2.04. The van der Waals surface area contributed by atoms with Crippen molar-refractivity contribution in [1.82, 2.24) is 4.98 Å². The molecule has 4 nitrogen and oxygen atoms in total. The molecule has 1 aliphatic rings. The summed E-state index contributed by atoms with van der Waals surface area (Å²) in [6.45, 7) is 1.39. The number of carbonyl (C=O) groups is 1. The summed E-state index contributed by atoms with van der Waals surface area (Å²) in [6.07, 6.45) is 2.47. The molecular formula is C10H11NO3. The fraction of sp³-hybridized carbons (Fsp3) is 0.400. The van der Waals surface area contributed by atoms with Crippen LogP contribution in [0.5, 0.6) is 0 Å². The first-order valence-corrected chi connectivity index (χ1v) is 4.54. The lowest BCUT2D eigenvalue weighted by atomic mass is 10.0. The average Bonchev–Trinajstić information content (AvgIpc) is 2.71. The van der Waals surface area contributed by atoms with E-state index in [1.807, 2.05) is 0 Å². The number of ether oxygens (including phenoxy) is 1. The van der Waals surface area contributed by atoms with E-state index in [-0.39, 0.29) is 5.92 Å². The van der Waals surface area contributed by atoms with E-state index in [0.29, 0.717) is 12.2 Å². The van der Waals surface area contributed by atoms with Crippen LogP contribution in [0.1, 0.15) is 28.4 Å². The maximum atomic E-state index is 10.7. The largest absolute Gasteiger partial charge is 0.478 e. The Balaban J connectivity index is 2.25. The highest BCUT2D eigenvalue weighted by Crippen LogP contribution is 2.23. The Hall–Kier alpha value is -1.42. The molecule has 1 aromatic heterocycles. The molecule has 0 bridgehead atoms. The van der Waals surface area contributed by atoms with Gasteiger partial charge in [-0.05, 0) is 18.6 Å². The summed E-state index contributed by atoms with van der Waals surface area (Å²) in [6, 6.07) is 3.13. The molecule has 1 saturated heterocycles. The molecule has 0 unspecified atom stereocenters. The lowest BCUT2D eigenvalue weighted by Gasteiger charge is -2.06. The van der Waals surface area contributed by atoms with Crippen LogP contribution in [0.15, 0.2) is 18.3 Å². The minimum atomic E-state index is -0.910. The maximum absolute atomic E-state index is 10.7. The van der Waals surface area contributed by atoms with E-state index in [2.05, 4.69) is 4.98 Å². The van der Waals surface area contributed by atoms with Crippen LogP contribution in [-0.4, -0.2) is 29.3 Å². The molecule has 74 valence electrons. The van der Waals surface area contributed by atoms with E-state index in [1.165, 1.54) is 12.3 Å². The third kappa shape index (κ3) is 1.75. The molecule has 1 N–H and O–H groups in total.